The number of hydrogen-bond donors (Lipinski definition) is 12. The monoisotopic (exact) mass is 890 g/mol. The van der Waals surface area contributed by atoms with Crippen LogP contribution in [0.25, 0.3) is 0 Å². The molecule has 62 heavy (non-hydrogen) atoms. The molecular formula is C40H62N10O11S. The number of unbranched alkanes of at least 4 members (excludes halogenated alkanes) is 2. The number of nitrogens with two attached hydrogens (primary N) is 1. The van der Waals surface area contributed by atoms with E-state index in [-0.39, 0.29) is 55.0 Å². The largest absolute Gasteiger partial charge is 0.508 e. The number of benzene rings is 1. The Balaban J connectivity index is 1.38. The highest BCUT2D eigenvalue weighted by molar-refractivity contribution is 8.00. The quantitative estimate of drug-likeness (QED) is 0.0212. The number of phenols is 1. The first-order valence-electron chi connectivity index (χ1n) is 20.9. The highest BCUT2D eigenvalue weighted by atomic mass is 32.2. The fraction of sp³-hybridized carbons (Fsp3) is 0.625. The van der Waals surface area contributed by atoms with Crippen LogP contribution in [-0.4, -0.2) is 124 Å². The third-order valence-electron chi connectivity index (χ3n) is 10.3. The lowest BCUT2D eigenvalue weighted by Crippen LogP contribution is -2.55. The van der Waals surface area contributed by atoms with Crippen LogP contribution in [0, 0.1) is 11.8 Å². The van der Waals surface area contributed by atoms with E-state index in [1.165, 1.54) is 36.7 Å². The molecule has 2 fully saturated rings. The smallest absolute Gasteiger partial charge is 0.315 e. The predicted octanol–water partition coefficient (Wildman–Crippen LogP) is -1.30. The molecule has 13 N–H and O–H groups in total. The summed E-state index contributed by atoms with van der Waals surface area (Å²) in [6.07, 6.45) is 3.97. The van der Waals surface area contributed by atoms with Crippen molar-refractivity contribution < 1.29 is 53.5 Å². The number of primary amides is 1. The van der Waals surface area contributed by atoms with Crippen molar-refractivity contribution in [1.82, 2.24) is 48.0 Å². The summed E-state index contributed by atoms with van der Waals surface area (Å²) >= 11 is 1.83. The number of amides is 10. The Hall–Kier alpha value is -5.64. The number of hydroxylamine groups is 1. The number of thioether (sulfide) groups is 1. The summed E-state index contributed by atoms with van der Waals surface area (Å²) < 4.78 is 0. The number of carbonyl (C=O) groups excluding carboxylic acids is 9. The van der Waals surface area contributed by atoms with E-state index in [0.717, 1.165) is 25.0 Å². The van der Waals surface area contributed by atoms with Crippen LogP contribution in [0.2, 0.25) is 0 Å². The second-order valence-electron chi connectivity index (χ2n) is 16.0. The molecule has 1 aromatic rings. The van der Waals surface area contributed by atoms with Gasteiger partial charge in [-0.2, -0.15) is 11.8 Å². The Morgan fingerprint density at radius 1 is 0.790 bits per heavy atom. The van der Waals surface area contributed by atoms with Crippen LogP contribution in [0.1, 0.15) is 84.1 Å². The van der Waals surface area contributed by atoms with Gasteiger partial charge >= 0.3 is 6.03 Å². The lowest BCUT2D eigenvalue weighted by Gasteiger charge is -2.23. The number of fused-ring (bicyclic) bond motifs is 1. The zero-order valence-corrected chi connectivity index (χ0v) is 36.2. The van der Waals surface area contributed by atoms with Gasteiger partial charge in [-0.15, -0.1) is 0 Å². The van der Waals surface area contributed by atoms with Crippen LogP contribution in [0.3, 0.4) is 0 Å². The molecule has 1 aromatic carbocycles. The number of aromatic hydroxyl groups is 1. The molecule has 1 unspecified atom stereocenters. The van der Waals surface area contributed by atoms with Crippen molar-refractivity contribution in [3.8, 4) is 5.75 Å². The molecule has 0 bridgehead atoms. The van der Waals surface area contributed by atoms with Crippen molar-refractivity contribution in [2.24, 2.45) is 17.6 Å². The molecule has 0 spiro atoms. The summed E-state index contributed by atoms with van der Waals surface area (Å²) in [5.74, 6) is -5.20. The van der Waals surface area contributed by atoms with Crippen molar-refractivity contribution in [3.63, 3.8) is 0 Å². The third-order valence-corrected chi connectivity index (χ3v) is 11.8. The van der Waals surface area contributed by atoms with Crippen molar-refractivity contribution in [1.29, 1.82) is 0 Å². The average Bonchev–Trinajstić information content (AvgIpc) is 3.78. The summed E-state index contributed by atoms with van der Waals surface area (Å²) in [6, 6.07) is 2.58. The van der Waals surface area contributed by atoms with Gasteiger partial charge < -0.3 is 53.4 Å². The van der Waals surface area contributed by atoms with E-state index in [4.69, 9.17) is 10.9 Å². The topological polar surface area (TPSA) is 328 Å². The summed E-state index contributed by atoms with van der Waals surface area (Å²) in [4.78, 5) is 112. The van der Waals surface area contributed by atoms with Crippen LogP contribution >= 0.6 is 11.8 Å². The Bertz CT molecular complexity index is 1730. The molecule has 2 aliphatic heterocycles. The molecule has 2 aliphatic rings. The fourth-order valence-electron chi connectivity index (χ4n) is 7.02. The van der Waals surface area contributed by atoms with Crippen molar-refractivity contribution in [2.45, 2.75) is 120 Å². The maximum Gasteiger partial charge on any atom is 0.315 e. The van der Waals surface area contributed by atoms with Gasteiger partial charge in [0.25, 0.3) is 0 Å². The number of carbonyl (C=O) groups is 9. The molecule has 10 amide bonds. The van der Waals surface area contributed by atoms with E-state index in [2.05, 4.69) is 42.5 Å². The van der Waals surface area contributed by atoms with Crippen LogP contribution in [0.5, 0.6) is 5.75 Å². The van der Waals surface area contributed by atoms with Gasteiger partial charge in [0.2, 0.25) is 47.3 Å². The van der Waals surface area contributed by atoms with E-state index < -0.39 is 78.5 Å². The summed E-state index contributed by atoms with van der Waals surface area (Å²) in [6.45, 7) is 4.32. The second kappa shape index (κ2) is 26.0. The standard InChI is InChI=1S/C40H62N10O11S/c1-22(2)16-25(18-32(53)50-61)38(58)45-23(3)37(57)47-28(17-24-11-13-26(51)14-12-24)39(59)44-19-33(54)43-20-34(55)46-27(36(41)56)8-6-7-15-42-31(52)10-5-4-9-30-35-29(21-62-30)48-40(60)49-35/h11-14,22-23,25,27-30,35,51,61H,4-10,15-21H2,1-3H3,(H2,41,56)(H,42,52)(H,43,54)(H,44,59)(H,45,58)(H,46,55)(H,47,57)(H,50,53)(H2,48,49,60)/t23-,25?,27-,28-,29-,30-,35-/m0/s1. The molecule has 7 atom stereocenters. The van der Waals surface area contributed by atoms with Gasteiger partial charge in [-0.3, -0.25) is 43.6 Å². The van der Waals surface area contributed by atoms with Crippen molar-refractivity contribution >= 4 is 65.1 Å². The van der Waals surface area contributed by atoms with Crippen LogP contribution in [-0.2, 0) is 44.8 Å². The van der Waals surface area contributed by atoms with E-state index >= 15 is 0 Å². The first-order valence-corrected chi connectivity index (χ1v) is 21.9. The Morgan fingerprint density at radius 2 is 1.50 bits per heavy atom. The maximum absolute atomic E-state index is 13.3. The van der Waals surface area contributed by atoms with E-state index in [0.29, 0.717) is 43.0 Å². The molecule has 22 heteroatoms. The van der Waals surface area contributed by atoms with Gasteiger partial charge in [0.1, 0.15) is 23.9 Å². The van der Waals surface area contributed by atoms with Crippen LogP contribution in [0.4, 0.5) is 4.79 Å². The number of rotatable bonds is 27. The zero-order chi connectivity index (χ0) is 45.8. The highest BCUT2D eigenvalue weighted by Crippen LogP contribution is 2.33. The van der Waals surface area contributed by atoms with Crippen molar-refractivity contribution in [2.75, 3.05) is 25.4 Å². The molecule has 2 heterocycles. The van der Waals surface area contributed by atoms with Gasteiger partial charge in [-0.1, -0.05) is 32.4 Å². The first kappa shape index (κ1) is 50.7. The highest BCUT2D eigenvalue weighted by Gasteiger charge is 2.42. The minimum Gasteiger partial charge on any atom is -0.508 e. The van der Waals surface area contributed by atoms with Gasteiger partial charge in [0.05, 0.1) is 25.2 Å². The summed E-state index contributed by atoms with van der Waals surface area (Å²) in [5, 5.41) is 40.0. The molecule has 0 saturated carbocycles. The lowest BCUT2D eigenvalue weighted by molar-refractivity contribution is -0.137. The molecule has 2 saturated heterocycles. The molecule has 21 nitrogen and oxygen atoms in total. The molecular weight excluding hydrogens is 829 g/mol. The maximum atomic E-state index is 13.3. The molecule has 0 aromatic heterocycles. The lowest BCUT2D eigenvalue weighted by atomic mass is 9.93. The van der Waals surface area contributed by atoms with Gasteiger partial charge in [0.15, 0.2) is 0 Å². The molecule has 344 valence electrons. The minimum atomic E-state index is -1.25. The fourth-order valence-corrected chi connectivity index (χ4v) is 8.56. The Labute approximate surface area is 364 Å². The van der Waals surface area contributed by atoms with Gasteiger partial charge in [-0.05, 0) is 69.1 Å². The van der Waals surface area contributed by atoms with E-state index in [1.807, 2.05) is 25.6 Å². The summed E-state index contributed by atoms with van der Waals surface area (Å²) in [7, 11) is 0. The number of urea groups is 1. The van der Waals surface area contributed by atoms with Crippen LogP contribution < -0.4 is 53.7 Å². The molecule has 0 radical (unpaired) electrons. The normalized spacial score (nSPS) is 18.4. The minimum absolute atomic E-state index is 0.0159. The van der Waals surface area contributed by atoms with E-state index in [9.17, 15) is 48.3 Å². The SMILES string of the molecule is CC(C)CC(CC(=O)NO)C(=O)N[C@@H](C)C(=O)N[C@@H](Cc1ccc(O)cc1)C(=O)NCC(=O)NCC(=O)N[C@@H](CCCCNC(=O)CCCC[C@@H]1SC[C@@H]2NC(=O)N[C@@H]21)C(N)=O. The summed E-state index contributed by atoms with van der Waals surface area (Å²) in [5.41, 5.74) is 7.52. The number of hydrogen-bond acceptors (Lipinski definition) is 12. The first-order chi connectivity index (χ1) is 29.4. The zero-order valence-electron chi connectivity index (χ0n) is 35.4. The van der Waals surface area contributed by atoms with Gasteiger partial charge in [-0.25, -0.2) is 10.3 Å². The van der Waals surface area contributed by atoms with Gasteiger partial charge in [0, 0.05) is 42.7 Å². The molecule has 0 aliphatic carbocycles. The Kier molecular flexibility index (Phi) is 21.2. The number of phenolic OH excluding ortho intramolecular Hbond substituents is 1. The number of nitrogens with one attached hydrogen (secondary N) is 9. The average molecular weight is 891 g/mol. The predicted molar refractivity (Wildman–Crippen MR) is 227 cm³/mol. The second-order valence-corrected chi connectivity index (χ2v) is 17.2. The van der Waals surface area contributed by atoms with Crippen molar-refractivity contribution in [3.05, 3.63) is 29.8 Å². The Morgan fingerprint density at radius 3 is 2.18 bits per heavy atom. The van der Waals surface area contributed by atoms with E-state index in [1.54, 1.807) is 0 Å². The third kappa shape index (κ3) is 18.1. The van der Waals surface area contributed by atoms with Crippen LogP contribution in [0.15, 0.2) is 24.3 Å². The molecule has 3 rings (SSSR count).